The average Bonchev–Trinajstić information content (AvgIpc) is 2.48. The van der Waals surface area contributed by atoms with E-state index in [1.165, 1.54) is 0 Å². The van der Waals surface area contributed by atoms with Gasteiger partial charge in [-0.25, -0.2) is 0 Å². The van der Waals surface area contributed by atoms with Crippen LogP contribution in [0.1, 0.15) is 45.4 Å². The van der Waals surface area contributed by atoms with Crippen molar-refractivity contribution in [2.24, 2.45) is 0 Å². The third-order valence-electron chi connectivity index (χ3n) is 4.16. The van der Waals surface area contributed by atoms with Crippen LogP contribution < -0.4 is 10.0 Å². The van der Waals surface area contributed by atoms with Crippen LogP contribution in [-0.4, -0.2) is 55.9 Å². The van der Waals surface area contributed by atoms with E-state index in [1.54, 1.807) is 4.31 Å². The van der Waals surface area contributed by atoms with Crippen molar-refractivity contribution >= 4 is 22.0 Å². The van der Waals surface area contributed by atoms with Gasteiger partial charge in [0.25, 0.3) is 10.2 Å². The molecule has 2 aliphatic heterocycles. The Labute approximate surface area is 133 Å². The fourth-order valence-corrected chi connectivity index (χ4v) is 5.93. The highest BCUT2D eigenvalue weighted by Gasteiger charge is 2.33. The van der Waals surface area contributed by atoms with E-state index in [0.717, 1.165) is 63.1 Å². The fourth-order valence-electron chi connectivity index (χ4n) is 3.05. The van der Waals surface area contributed by atoms with E-state index in [9.17, 15) is 8.42 Å². The van der Waals surface area contributed by atoms with E-state index in [0.29, 0.717) is 6.54 Å². The van der Waals surface area contributed by atoms with Gasteiger partial charge in [0.05, 0.1) is 0 Å². The Hall–Kier alpha value is 0.180. The first-order valence-corrected chi connectivity index (χ1v) is 10.8. The van der Waals surface area contributed by atoms with Crippen molar-refractivity contribution in [1.29, 1.82) is 0 Å². The Morgan fingerprint density at radius 3 is 2.81 bits per heavy atom. The van der Waals surface area contributed by atoms with Crippen molar-refractivity contribution in [3.05, 3.63) is 0 Å². The summed E-state index contributed by atoms with van der Waals surface area (Å²) in [6.07, 6.45) is 6.24. The molecule has 2 unspecified atom stereocenters. The third-order valence-corrected chi connectivity index (χ3v) is 7.11. The number of hydrogen-bond donors (Lipinski definition) is 2. The monoisotopic (exact) mass is 335 g/mol. The van der Waals surface area contributed by atoms with Crippen LogP contribution in [-0.2, 0) is 10.2 Å². The summed E-state index contributed by atoms with van der Waals surface area (Å²) in [5, 5.41) is 3.37. The molecule has 0 aromatic rings. The van der Waals surface area contributed by atoms with Gasteiger partial charge in [0.2, 0.25) is 0 Å². The van der Waals surface area contributed by atoms with Crippen LogP contribution in [0.3, 0.4) is 0 Å². The summed E-state index contributed by atoms with van der Waals surface area (Å²) in [6, 6.07) is 0.221. The Morgan fingerprint density at radius 1 is 1.24 bits per heavy atom. The maximum atomic E-state index is 12.7. The molecular weight excluding hydrogens is 306 g/mol. The van der Waals surface area contributed by atoms with Crippen LogP contribution in [0.5, 0.6) is 0 Å². The van der Waals surface area contributed by atoms with Crippen LogP contribution in [0, 0.1) is 0 Å². The van der Waals surface area contributed by atoms with Gasteiger partial charge in [-0.1, -0.05) is 13.3 Å². The maximum Gasteiger partial charge on any atom is 0.280 e. The van der Waals surface area contributed by atoms with Gasteiger partial charge in [0, 0.05) is 30.9 Å². The predicted octanol–water partition coefficient (Wildman–Crippen LogP) is 1.57. The molecule has 2 saturated heterocycles. The Morgan fingerprint density at radius 2 is 2.10 bits per heavy atom. The summed E-state index contributed by atoms with van der Waals surface area (Å²) in [7, 11) is -3.34. The summed E-state index contributed by atoms with van der Waals surface area (Å²) < 4.78 is 30.0. The first-order chi connectivity index (χ1) is 10.1. The van der Waals surface area contributed by atoms with Gasteiger partial charge in [-0.15, -0.1) is 0 Å². The molecule has 2 aliphatic rings. The zero-order valence-electron chi connectivity index (χ0n) is 13.0. The minimum atomic E-state index is -3.34. The number of hydrogen-bond acceptors (Lipinski definition) is 4. The number of thioether (sulfide) groups is 1. The third kappa shape index (κ3) is 5.39. The van der Waals surface area contributed by atoms with Gasteiger partial charge >= 0.3 is 0 Å². The molecule has 0 aromatic heterocycles. The van der Waals surface area contributed by atoms with Crippen LogP contribution in [0.2, 0.25) is 0 Å². The molecule has 21 heavy (non-hydrogen) atoms. The van der Waals surface area contributed by atoms with Gasteiger partial charge in [-0.05, 0) is 44.4 Å². The predicted molar refractivity (Wildman–Crippen MR) is 89.9 cm³/mol. The molecule has 0 saturated carbocycles. The van der Waals surface area contributed by atoms with Crippen molar-refractivity contribution in [1.82, 2.24) is 14.3 Å². The lowest BCUT2D eigenvalue weighted by Gasteiger charge is -2.36. The van der Waals surface area contributed by atoms with Gasteiger partial charge in [-0.2, -0.15) is 29.2 Å². The van der Waals surface area contributed by atoms with Crippen molar-refractivity contribution in [2.75, 3.05) is 31.1 Å². The van der Waals surface area contributed by atoms with E-state index in [-0.39, 0.29) is 12.1 Å². The number of nitrogens with zero attached hydrogens (tertiary/aromatic N) is 1. The molecule has 124 valence electrons. The highest BCUT2D eigenvalue weighted by Crippen LogP contribution is 2.22. The second kappa shape index (κ2) is 8.72. The Bertz CT molecular complexity index is 397. The molecule has 0 aliphatic carbocycles. The minimum absolute atomic E-state index is 0.110. The SMILES string of the molecule is CCCNCC1CCCCN1S(=O)(=O)NC1CCCSC1. The van der Waals surface area contributed by atoms with Gasteiger partial charge in [0.15, 0.2) is 0 Å². The molecular formula is C14H29N3O2S2. The van der Waals surface area contributed by atoms with Crippen LogP contribution >= 0.6 is 11.8 Å². The topological polar surface area (TPSA) is 61.4 Å². The van der Waals surface area contributed by atoms with Crippen molar-refractivity contribution < 1.29 is 8.42 Å². The summed E-state index contributed by atoms with van der Waals surface area (Å²) >= 11 is 1.85. The lowest BCUT2D eigenvalue weighted by Crippen LogP contribution is -2.54. The maximum absolute atomic E-state index is 12.7. The quantitative estimate of drug-likeness (QED) is 0.693. The van der Waals surface area contributed by atoms with E-state index in [4.69, 9.17) is 0 Å². The van der Waals surface area contributed by atoms with E-state index in [1.807, 2.05) is 11.8 Å². The van der Waals surface area contributed by atoms with Crippen molar-refractivity contribution in [2.45, 2.75) is 57.5 Å². The zero-order chi connectivity index (χ0) is 15.1. The van der Waals surface area contributed by atoms with E-state index >= 15 is 0 Å². The van der Waals surface area contributed by atoms with Crippen molar-refractivity contribution in [3.8, 4) is 0 Å². The van der Waals surface area contributed by atoms with Gasteiger partial charge in [-0.3, -0.25) is 0 Å². The number of nitrogens with one attached hydrogen (secondary N) is 2. The van der Waals surface area contributed by atoms with Crippen LogP contribution in [0.15, 0.2) is 0 Å². The summed E-state index contributed by atoms with van der Waals surface area (Å²) in [5.74, 6) is 2.07. The standard InChI is InChI=1S/C14H29N3O2S2/c1-2-8-15-11-14-7-3-4-9-17(14)21(18,19)16-13-6-5-10-20-12-13/h13-16H,2-12H2,1H3. The second-order valence-corrected chi connectivity index (χ2v) is 8.81. The van der Waals surface area contributed by atoms with Gasteiger partial charge in [0.1, 0.15) is 0 Å². The lowest BCUT2D eigenvalue weighted by molar-refractivity contribution is 0.241. The summed E-state index contributed by atoms with van der Waals surface area (Å²) in [4.78, 5) is 0. The fraction of sp³-hybridized carbons (Fsp3) is 1.00. The first-order valence-electron chi connectivity index (χ1n) is 8.21. The van der Waals surface area contributed by atoms with Crippen LogP contribution in [0.4, 0.5) is 0 Å². The highest BCUT2D eigenvalue weighted by atomic mass is 32.2. The second-order valence-electron chi connectivity index (χ2n) is 6.00. The Kier molecular flexibility index (Phi) is 7.28. The number of rotatable bonds is 7. The molecule has 0 radical (unpaired) electrons. The smallest absolute Gasteiger partial charge is 0.280 e. The Balaban J connectivity index is 1.93. The zero-order valence-corrected chi connectivity index (χ0v) is 14.6. The normalized spacial score (nSPS) is 28.6. The van der Waals surface area contributed by atoms with Crippen LogP contribution in [0.25, 0.3) is 0 Å². The lowest BCUT2D eigenvalue weighted by atomic mass is 10.1. The van der Waals surface area contributed by atoms with E-state index in [2.05, 4.69) is 17.0 Å². The molecule has 2 N–H and O–H groups in total. The van der Waals surface area contributed by atoms with Crippen molar-refractivity contribution in [3.63, 3.8) is 0 Å². The summed E-state index contributed by atoms with van der Waals surface area (Å²) in [5.41, 5.74) is 0. The van der Waals surface area contributed by atoms with Gasteiger partial charge < -0.3 is 5.32 Å². The molecule has 2 atom stereocenters. The molecule has 0 amide bonds. The molecule has 7 heteroatoms. The number of piperidine rings is 1. The van der Waals surface area contributed by atoms with E-state index < -0.39 is 10.2 Å². The molecule has 2 heterocycles. The molecule has 0 bridgehead atoms. The minimum Gasteiger partial charge on any atom is -0.315 e. The first kappa shape index (κ1) is 17.5. The molecule has 2 rings (SSSR count). The average molecular weight is 336 g/mol. The summed E-state index contributed by atoms with van der Waals surface area (Å²) in [6.45, 7) is 4.52. The largest absolute Gasteiger partial charge is 0.315 e. The molecule has 0 spiro atoms. The molecule has 0 aromatic carbocycles. The molecule has 5 nitrogen and oxygen atoms in total. The molecule has 2 fully saturated rings. The highest BCUT2D eigenvalue weighted by molar-refractivity contribution is 7.99.